The Bertz CT molecular complexity index is 647. The van der Waals surface area contributed by atoms with Gasteiger partial charge in [0.2, 0.25) is 0 Å². The van der Waals surface area contributed by atoms with Crippen molar-refractivity contribution in [3.63, 3.8) is 0 Å². The van der Waals surface area contributed by atoms with Crippen LogP contribution in [0.4, 0.5) is 0 Å². The van der Waals surface area contributed by atoms with Gasteiger partial charge >= 0.3 is 5.69 Å². The molecule has 0 spiro atoms. The minimum absolute atomic E-state index is 0.289. The van der Waals surface area contributed by atoms with Crippen LogP contribution in [0.5, 0.6) is 0 Å². The Morgan fingerprint density at radius 1 is 1.31 bits per heavy atom. The molecule has 0 atom stereocenters. The number of rotatable bonds is 0. The molecule has 0 aliphatic rings. The fourth-order valence-corrected chi connectivity index (χ4v) is 1.66. The molecule has 84 valence electrons. The van der Waals surface area contributed by atoms with Gasteiger partial charge in [0.25, 0.3) is 5.56 Å². The SMILES string of the molecule is CC(C)(C)n1c(=O)[nH]c2cccnc2c1=O. The van der Waals surface area contributed by atoms with Gasteiger partial charge in [-0.25, -0.2) is 9.78 Å². The highest BCUT2D eigenvalue weighted by Gasteiger charge is 2.19. The summed E-state index contributed by atoms with van der Waals surface area (Å²) in [4.78, 5) is 30.5. The van der Waals surface area contributed by atoms with Gasteiger partial charge in [-0.3, -0.25) is 9.36 Å². The topological polar surface area (TPSA) is 67.8 Å². The Morgan fingerprint density at radius 2 is 2.00 bits per heavy atom. The van der Waals surface area contributed by atoms with Gasteiger partial charge in [-0.1, -0.05) is 0 Å². The van der Waals surface area contributed by atoms with Crippen molar-refractivity contribution in [1.29, 1.82) is 0 Å². The lowest BCUT2D eigenvalue weighted by molar-refractivity contribution is 0.369. The fourth-order valence-electron chi connectivity index (χ4n) is 1.66. The maximum Gasteiger partial charge on any atom is 0.329 e. The first-order valence-electron chi connectivity index (χ1n) is 5.02. The lowest BCUT2D eigenvalue weighted by Gasteiger charge is -2.20. The fraction of sp³-hybridized carbons (Fsp3) is 0.364. The number of hydrogen-bond donors (Lipinski definition) is 1. The van der Waals surface area contributed by atoms with E-state index in [0.29, 0.717) is 5.52 Å². The Morgan fingerprint density at radius 3 is 2.62 bits per heavy atom. The van der Waals surface area contributed by atoms with E-state index in [4.69, 9.17) is 0 Å². The normalized spacial score (nSPS) is 11.9. The van der Waals surface area contributed by atoms with Crippen molar-refractivity contribution in [1.82, 2.24) is 14.5 Å². The molecular formula is C11H13N3O2. The predicted octanol–water partition coefficient (Wildman–Crippen LogP) is 0.840. The van der Waals surface area contributed by atoms with Crippen LogP contribution in [0.25, 0.3) is 11.0 Å². The van der Waals surface area contributed by atoms with Crippen molar-refractivity contribution >= 4 is 11.0 Å². The van der Waals surface area contributed by atoms with E-state index in [-0.39, 0.29) is 11.1 Å². The number of aromatic amines is 1. The molecule has 0 bridgehead atoms. The minimum atomic E-state index is -0.559. The molecule has 5 heteroatoms. The van der Waals surface area contributed by atoms with Crippen LogP contribution in [-0.4, -0.2) is 14.5 Å². The second-order valence-electron chi connectivity index (χ2n) is 4.64. The molecule has 0 radical (unpaired) electrons. The third-order valence-corrected chi connectivity index (χ3v) is 2.33. The summed E-state index contributed by atoms with van der Waals surface area (Å²) < 4.78 is 1.18. The van der Waals surface area contributed by atoms with Crippen LogP contribution in [0.2, 0.25) is 0 Å². The third-order valence-electron chi connectivity index (χ3n) is 2.33. The number of aromatic nitrogens is 3. The maximum absolute atomic E-state index is 12.1. The van der Waals surface area contributed by atoms with Crippen molar-refractivity contribution in [3.05, 3.63) is 39.2 Å². The van der Waals surface area contributed by atoms with Crippen LogP contribution in [0.1, 0.15) is 20.8 Å². The van der Waals surface area contributed by atoms with E-state index in [0.717, 1.165) is 0 Å². The minimum Gasteiger partial charge on any atom is -0.305 e. The van der Waals surface area contributed by atoms with Gasteiger partial charge in [0.1, 0.15) is 0 Å². The summed E-state index contributed by atoms with van der Waals surface area (Å²) in [6.07, 6.45) is 1.54. The zero-order chi connectivity index (χ0) is 11.9. The third kappa shape index (κ3) is 1.54. The van der Waals surface area contributed by atoms with Crippen molar-refractivity contribution in [2.75, 3.05) is 0 Å². The largest absolute Gasteiger partial charge is 0.329 e. The number of nitrogens with one attached hydrogen (secondary N) is 1. The molecule has 1 N–H and O–H groups in total. The van der Waals surface area contributed by atoms with E-state index in [1.807, 2.05) is 0 Å². The zero-order valence-corrected chi connectivity index (χ0v) is 9.44. The van der Waals surface area contributed by atoms with E-state index < -0.39 is 11.2 Å². The molecular weight excluding hydrogens is 206 g/mol. The lowest BCUT2D eigenvalue weighted by Crippen LogP contribution is -2.44. The number of fused-ring (bicyclic) bond motifs is 1. The van der Waals surface area contributed by atoms with Crippen LogP contribution in [0.3, 0.4) is 0 Å². The highest BCUT2D eigenvalue weighted by atomic mass is 16.2. The molecule has 5 nitrogen and oxygen atoms in total. The molecule has 0 fully saturated rings. The second-order valence-corrected chi connectivity index (χ2v) is 4.64. The summed E-state index contributed by atoms with van der Waals surface area (Å²) in [6, 6.07) is 3.34. The molecule has 2 rings (SSSR count). The molecule has 0 unspecified atom stereocenters. The van der Waals surface area contributed by atoms with Crippen molar-refractivity contribution in [2.45, 2.75) is 26.3 Å². The van der Waals surface area contributed by atoms with Crippen LogP contribution in [0, 0.1) is 0 Å². The van der Waals surface area contributed by atoms with Crippen LogP contribution in [-0.2, 0) is 5.54 Å². The average molecular weight is 219 g/mol. The quantitative estimate of drug-likeness (QED) is 0.714. The Labute approximate surface area is 91.8 Å². The highest BCUT2D eigenvalue weighted by molar-refractivity contribution is 5.71. The van der Waals surface area contributed by atoms with Crippen molar-refractivity contribution < 1.29 is 0 Å². The van der Waals surface area contributed by atoms with Gasteiger partial charge < -0.3 is 4.98 Å². The highest BCUT2D eigenvalue weighted by Crippen LogP contribution is 2.08. The monoisotopic (exact) mass is 219 g/mol. The predicted molar refractivity (Wildman–Crippen MR) is 61.6 cm³/mol. The lowest BCUT2D eigenvalue weighted by atomic mass is 10.1. The number of hydrogen-bond acceptors (Lipinski definition) is 3. The van der Waals surface area contributed by atoms with Gasteiger partial charge in [0, 0.05) is 11.7 Å². The molecule has 0 saturated carbocycles. The molecule has 0 amide bonds. The molecule has 16 heavy (non-hydrogen) atoms. The molecule has 0 aliphatic carbocycles. The number of H-pyrrole nitrogens is 1. The summed E-state index contributed by atoms with van der Waals surface area (Å²) in [6.45, 7) is 5.41. The standard InChI is InChI=1S/C11H13N3O2/c1-11(2,3)14-9(15)8-7(13-10(14)16)5-4-6-12-8/h4-6H,1-3H3,(H,13,16). The van der Waals surface area contributed by atoms with E-state index in [2.05, 4.69) is 9.97 Å². The van der Waals surface area contributed by atoms with E-state index in [1.165, 1.54) is 10.8 Å². The van der Waals surface area contributed by atoms with Gasteiger partial charge in [-0.05, 0) is 32.9 Å². The molecule has 2 heterocycles. The molecule has 0 aromatic carbocycles. The van der Waals surface area contributed by atoms with Gasteiger partial charge in [-0.2, -0.15) is 0 Å². The average Bonchev–Trinajstić information content (AvgIpc) is 2.15. The van der Waals surface area contributed by atoms with Gasteiger partial charge in [0.15, 0.2) is 5.52 Å². The Hall–Kier alpha value is -1.91. The zero-order valence-electron chi connectivity index (χ0n) is 9.44. The molecule has 2 aromatic rings. The summed E-state index contributed by atoms with van der Waals surface area (Å²) in [5.41, 5.74) is -0.559. The molecule has 0 saturated heterocycles. The summed E-state index contributed by atoms with van der Waals surface area (Å²) in [7, 11) is 0. The molecule has 0 aliphatic heterocycles. The van der Waals surface area contributed by atoms with E-state index in [9.17, 15) is 9.59 Å². The van der Waals surface area contributed by atoms with Gasteiger partial charge in [0.05, 0.1) is 5.52 Å². The van der Waals surface area contributed by atoms with E-state index in [1.54, 1.807) is 32.9 Å². The smallest absolute Gasteiger partial charge is 0.305 e. The summed E-state index contributed by atoms with van der Waals surface area (Å²) in [5.74, 6) is 0. The van der Waals surface area contributed by atoms with E-state index >= 15 is 0 Å². The summed E-state index contributed by atoms with van der Waals surface area (Å²) >= 11 is 0. The second kappa shape index (κ2) is 3.30. The molecule has 2 aromatic heterocycles. The van der Waals surface area contributed by atoms with Gasteiger partial charge in [-0.15, -0.1) is 0 Å². The Kier molecular flexibility index (Phi) is 2.18. The first-order chi connectivity index (χ1) is 7.41. The first-order valence-corrected chi connectivity index (χ1v) is 5.02. The van der Waals surface area contributed by atoms with Crippen molar-refractivity contribution in [2.24, 2.45) is 0 Å². The maximum atomic E-state index is 12.1. The van der Waals surface area contributed by atoms with Crippen LogP contribution in [0.15, 0.2) is 27.9 Å². The summed E-state index contributed by atoms with van der Waals surface area (Å²) in [5, 5.41) is 0. The van der Waals surface area contributed by atoms with Crippen LogP contribution >= 0.6 is 0 Å². The number of nitrogens with zero attached hydrogens (tertiary/aromatic N) is 2. The number of pyridine rings is 1. The van der Waals surface area contributed by atoms with Crippen LogP contribution < -0.4 is 11.2 Å². The first kappa shape index (κ1) is 10.6. The van der Waals surface area contributed by atoms with Crippen molar-refractivity contribution in [3.8, 4) is 0 Å². The Balaban J connectivity index is 2.99.